The zero-order valence-corrected chi connectivity index (χ0v) is 12.9. The third-order valence-corrected chi connectivity index (χ3v) is 4.83. The van der Waals surface area contributed by atoms with Crippen molar-refractivity contribution in [1.29, 1.82) is 0 Å². The first-order valence-corrected chi connectivity index (χ1v) is 8.02. The molecule has 0 unspecified atom stereocenters. The molecule has 1 aliphatic rings. The Morgan fingerprint density at radius 1 is 1.30 bits per heavy atom. The lowest BCUT2D eigenvalue weighted by atomic mass is 9.86. The van der Waals surface area contributed by atoms with E-state index in [1.807, 2.05) is 13.0 Å². The molecule has 2 amide bonds. The van der Waals surface area contributed by atoms with Gasteiger partial charge in [0.2, 0.25) is 5.91 Å². The van der Waals surface area contributed by atoms with Crippen LogP contribution in [0.2, 0.25) is 0 Å². The van der Waals surface area contributed by atoms with E-state index >= 15 is 0 Å². The van der Waals surface area contributed by atoms with Gasteiger partial charge in [-0.2, -0.15) is 0 Å². The minimum absolute atomic E-state index is 0.0546. The van der Waals surface area contributed by atoms with E-state index in [9.17, 15) is 9.59 Å². The fourth-order valence-electron chi connectivity index (χ4n) is 2.59. The fraction of sp³-hybridized carbons (Fsp3) is 0.600. The van der Waals surface area contributed by atoms with Gasteiger partial charge in [-0.25, -0.2) is 0 Å². The predicted octanol–water partition coefficient (Wildman–Crippen LogP) is 2.48. The van der Waals surface area contributed by atoms with Gasteiger partial charge in [-0.15, -0.1) is 11.3 Å². The van der Waals surface area contributed by atoms with Crippen molar-refractivity contribution in [3.8, 4) is 0 Å². The Balaban J connectivity index is 1.76. The number of carbonyl (C=O) groups is 2. The van der Waals surface area contributed by atoms with Gasteiger partial charge in [0.25, 0.3) is 5.91 Å². The fourth-order valence-corrected chi connectivity index (χ4v) is 3.38. The van der Waals surface area contributed by atoms with E-state index < -0.39 is 0 Å². The molecular formula is C15H22N2O2S. The molecule has 0 aromatic carbocycles. The molecule has 2 N–H and O–H groups in total. The van der Waals surface area contributed by atoms with Gasteiger partial charge >= 0.3 is 0 Å². The van der Waals surface area contributed by atoms with Gasteiger partial charge in [-0.1, -0.05) is 19.8 Å². The van der Waals surface area contributed by atoms with Gasteiger partial charge in [-0.3, -0.25) is 9.59 Å². The molecule has 0 bridgehead atoms. The maximum absolute atomic E-state index is 11.9. The maximum atomic E-state index is 11.9. The van der Waals surface area contributed by atoms with Crippen molar-refractivity contribution < 1.29 is 9.59 Å². The Morgan fingerprint density at radius 3 is 2.70 bits per heavy atom. The largest absolute Gasteiger partial charge is 0.352 e. The minimum Gasteiger partial charge on any atom is -0.352 e. The molecule has 2 rings (SSSR count). The van der Waals surface area contributed by atoms with Gasteiger partial charge in [0.15, 0.2) is 0 Å². The Bertz CT molecular complexity index is 484. The first-order chi connectivity index (χ1) is 9.56. The summed E-state index contributed by atoms with van der Waals surface area (Å²) in [6, 6.07) is 3.96. The molecule has 1 saturated carbocycles. The van der Waals surface area contributed by atoms with E-state index in [-0.39, 0.29) is 24.4 Å². The van der Waals surface area contributed by atoms with Crippen molar-refractivity contribution in [2.24, 2.45) is 5.92 Å². The predicted molar refractivity (Wildman–Crippen MR) is 81.0 cm³/mol. The van der Waals surface area contributed by atoms with Crippen LogP contribution in [0.1, 0.15) is 47.2 Å². The molecule has 1 fully saturated rings. The third-order valence-electron chi connectivity index (χ3n) is 3.83. The summed E-state index contributed by atoms with van der Waals surface area (Å²) in [5, 5.41) is 5.71. The molecule has 0 saturated heterocycles. The Hall–Kier alpha value is -1.36. The van der Waals surface area contributed by atoms with E-state index in [0.717, 1.165) is 11.3 Å². The highest BCUT2D eigenvalue weighted by Gasteiger charge is 2.22. The average Bonchev–Trinajstić information content (AvgIpc) is 2.85. The zero-order valence-electron chi connectivity index (χ0n) is 12.1. The number of amides is 2. The van der Waals surface area contributed by atoms with E-state index in [1.165, 1.54) is 30.6 Å². The quantitative estimate of drug-likeness (QED) is 0.896. The smallest absolute Gasteiger partial charge is 0.261 e. The highest BCUT2D eigenvalue weighted by molar-refractivity contribution is 7.13. The molecule has 0 spiro atoms. The van der Waals surface area contributed by atoms with Crippen LogP contribution in [0.25, 0.3) is 0 Å². The molecule has 110 valence electrons. The Labute approximate surface area is 124 Å². The Kier molecular flexibility index (Phi) is 5.17. The van der Waals surface area contributed by atoms with Crippen LogP contribution in [0.5, 0.6) is 0 Å². The first kappa shape index (κ1) is 15.0. The number of aryl methyl sites for hydroxylation is 1. The van der Waals surface area contributed by atoms with Gasteiger partial charge in [0, 0.05) is 10.9 Å². The summed E-state index contributed by atoms with van der Waals surface area (Å²) in [4.78, 5) is 25.5. The summed E-state index contributed by atoms with van der Waals surface area (Å²) in [5.74, 6) is 0.267. The highest BCUT2D eigenvalue weighted by atomic mass is 32.1. The molecule has 1 aromatic heterocycles. The summed E-state index contributed by atoms with van der Waals surface area (Å²) in [6.07, 6.45) is 4.65. The van der Waals surface area contributed by atoms with Crippen molar-refractivity contribution in [2.45, 2.75) is 45.6 Å². The monoisotopic (exact) mass is 294 g/mol. The second-order valence-electron chi connectivity index (χ2n) is 5.53. The van der Waals surface area contributed by atoms with Crippen LogP contribution in [0.15, 0.2) is 12.1 Å². The van der Waals surface area contributed by atoms with E-state index in [2.05, 4.69) is 17.6 Å². The van der Waals surface area contributed by atoms with Gasteiger partial charge in [-0.05, 0) is 37.8 Å². The second-order valence-corrected chi connectivity index (χ2v) is 6.82. The normalized spacial score (nSPS) is 22.3. The van der Waals surface area contributed by atoms with Crippen molar-refractivity contribution in [3.05, 3.63) is 21.9 Å². The summed E-state index contributed by atoms with van der Waals surface area (Å²) in [5.41, 5.74) is 0. The lowest BCUT2D eigenvalue weighted by molar-refractivity contribution is -0.121. The maximum Gasteiger partial charge on any atom is 0.261 e. The standard InChI is InChI=1S/C15H22N2O2S/c1-10-5-3-4-6-12(10)17-14(18)9-16-15(19)13-8-7-11(2)20-13/h7-8,10,12H,3-6,9H2,1-2H3,(H,16,19)(H,17,18)/t10-,12+/m0/s1. The zero-order chi connectivity index (χ0) is 14.5. The highest BCUT2D eigenvalue weighted by Crippen LogP contribution is 2.23. The average molecular weight is 294 g/mol. The second kappa shape index (κ2) is 6.88. The van der Waals surface area contributed by atoms with Crippen molar-refractivity contribution >= 4 is 23.2 Å². The SMILES string of the molecule is Cc1ccc(C(=O)NCC(=O)N[C@@H]2CCCC[C@@H]2C)s1. The molecule has 4 nitrogen and oxygen atoms in total. The summed E-state index contributed by atoms with van der Waals surface area (Å²) in [6.45, 7) is 4.19. The molecule has 0 aliphatic heterocycles. The van der Waals surface area contributed by atoms with Crippen LogP contribution in [-0.2, 0) is 4.79 Å². The van der Waals surface area contributed by atoms with Gasteiger partial charge in [0.1, 0.15) is 0 Å². The van der Waals surface area contributed by atoms with Gasteiger partial charge in [0.05, 0.1) is 11.4 Å². The molecule has 0 radical (unpaired) electrons. The van der Waals surface area contributed by atoms with E-state index in [1.54, 1.807) is 6.07 Å². The first-order valence-electron chi connectivity index (χ1n) is 7.20. The molecular weight excluding hydrogens is 272 g/mol. The summed E-state index contributed by atoms with van der Waals surface area (Å²) >= 11 is 1.44. The van der Waals surface area contributed by atoms with Crippen LogP contribution < -0.4 is 10.6 Å². The minimum atomic E-state index is -0.171. The molecule has 2 atom stereocenters. The molecule has 1 heterocycles. The summed E-state index contributed by atoms with van der Waals surface area (Å²) < 4.78 is 0. The molecule has 1 aromatic rings. The van der Waals surface area contributed by atoms with Crippen molar-refractivity contribution in [2.75, 3.05) is 6.54 Å². The number of rotatable bonds is 4. The topological polar surface area (TPSA) is 58.2 Å². The molecule has 1 aliphatic carbocycles. The summed E-state index contributed by atoms with van der Waals surface area (Å²) in [7, 11) is 0. The Morgan fingerprint density at radius 2 is 2.05 bits per heavy atom. The van der Waals surface area contributed by atoms with Crippen LogP contribution in [0.3, 0.4) is 0 Å². The number of hydrogen-bond donors (Lipinski definition) is 2. The van der Waals surface area contributed by atoms with Crippen LogP contribution in [-0.4, -0.2) is 24.4 Å². The lowest BCUT2D eigenvalue weighted by Crippen LogP contribution is -2.45. The van der Waals surface area contributed by atoms with E-state index in [0.29, 0.717) is 10.8 Å². The van der Waals surface area contributed by atoms with Crippen molar-refractivity contribution in [3.63, 3.8) is 0 Å². The third kappa shape index (κ3) is 4.07. The number of hydrogen-bond acceptors (Lipinski definition) is 3. The number of carbonyl (C=O) groups excluding carboxylic acids is 2. The lowest BCUT2D eigenvalue weighted by Gasteiger charge is -2.29. The van der Waals surface area contributed by atoms with E-state index in [4.69, 9.17) is 0 Å². The molecule has 20 heavy (non-hydrogen) atoms. The number of thiophene rings is 1. The number of nitrogens with one attached hydrogen (secondary N) is 2. The van der Waals surface area contributed by atoms with Crippen LogP contribution in [0.4, 0.5) is 0 Å². The van der Waals surface area contributed by atoms with Crippen LogP contribution >= 0.6 is 11.3 Å². The van der Waals surface area contributed by atoms with Crippen molar-refractivity contribution in [1.82, 2.24) is 10.6 Å². The van der Waals surface area contributed by atoms with Gasteiger partial charge < -0.3 is 10.6 Å². The molecule has 5 heteroatoms. The van der Waals surface area contributed by atoms with Crippen LogP contribution in [0, 0.1) is 12.8 Å².